The van der Waals surface area contributed by atoms with E-state index in [1.807, 2.05) is 13.0 Å². The highest BCUT2D eigenvalue weighted by Crippen LogP contribution is 2.24. The monoisotopic (exact) mass is 396 g/mol. The molecule has 0 bridgehead atoms. The van der Waals surface area contributed by atoms with Crippen LogP contribution in [0.4, 0.5) is 0 Å². The van der Waals surface area contributed by atoms with E-state index in [1.54, 1.807) is 23.7 Å². The molecule has 0 N–H and O–H groups in total. The normalized spacial score (nSPS) is 16.6. The van der Waals surface area contributed by atoms with Gasteiger partial charge in [-0.25, -0.2) is 8.42 Å². The number of benzene rings is 1. The molecule has 0 radical (unpaired) electrons. The molecule has 0 aliphatic carbocycles. The van der Waals surface area contributed by atoms with Crippen molar-refractivity contribution in [1.82, 2.24) is 8.87 Å². The Bertz CT molecular complexity index is 946. The summed E-state index contributed by atoms with van der Waals surface area (Å²) in [4.78, 5) is 12.1. The second-order valence-corrected chi connectivity index (χ2v) is 8.78. The summed E-state index contributed by atoms with van der Waals surface area (Å²) in [5, 5.41) is 0.500. The summed E-state index contributed by atoms with van der Waals surface area (Å²) in [5.74, 6) is 0.532. The Morgan fingerprint density at radius 3 is 2.31 bits per heavy atom. The zero-order chi connectivity index (χ0) is 18.9. The minimum absolute atomic E-state index is 0.113. The maximum atomic E-state index is 12.7. The van der Waals surface area contributed by atoms with Gasteiger partial charge in [-0.15, -0.1) is 0 Å². The molecule has 1 aliphatic rings. The van der Waals surface area contributed by atoms with Crippen LogP contribution in [0.15, 0.2) is 46.1 Å². The van der Waals surface area contributed by atoms with Crippen molar-refractivity contribution in [3.8, 4) is 5.75 Å². The molecule has 3 rings (SSSR count). The van der Waals surface area contributed by atoms with Crippen molar-refractivity contribution in [1.29, 1.82) is 0 Å². The van der Waals surface area contributed by atoms with Gasteiger partial charge in [0.05, 0.1) is 4.90 Å². The van der Waals surface area contributed by atoms with Gasteiger partial charge < -0.3 is 9.30 Å². The molecule has 0 atom stereocenters. The first-order valence-corrected chi connectivity index (χ1v) is 10.2. The summed E-state index contributed by atoms with van der Waals surface area (Å²) in [6.45, 7) is 2.59. The van der Waals surface area contributed by atoms with Gasteiger partial charge in [0.1, 0.15) is 11.9 Å². The molecular weight excluding hydrogens is 376 g/mol. The fraction of sp³-hybridized carbons (Fsp3) is 0.389. The fourth-order valence-electron chi connectivity index (χ4n) is 2.94. The Balaban J connectivity index is 1.66. The molecule has 1 aromatic heterocycles. The smallest absolute Gasteiger partial charge is 0.254 e. The minimum Gasteiger partial charge on any atom is -0.490 e. The average molecular weight is 397 g/mol. The SMILES string of the molecule is Cc1cc(OC2CCN(S(=O)(=O)c3ccc(Cl)cc3)CC2)cc(=O)n1C. The first-order chi connectivity index (χ1) is 12.3. The van der Waals surface area contributed by atoms with E-state index in [4.69, 9.17) is 16.3 Å². The van der Waals surface area contributed by atoms with Gasteiger partial charge in [-0.3, -0.25) is 4.79 Å². The molecule has 8 heteroatoms. The number of halogens is 1. The number of ether oxygens (including phenoxy) is 1. The van der Waals surface area contributed by atoms with Crippen LogP contribution >= 0.6 is 11.6 Å². The Hall–Kier alpha value is -1.83. The lowest BCUT2D eigenvalue weighted by Gasteiger charge is -2.31. The van der Waals surface area contributed by atoms with Crippen LogP contribution in [-0.2, 0) is 17.1 Å². The van der Waals surface area contributed by atoms with Crippen molar-refractivity contribution in [2.45, 2.75) is 30.8 Å². The lowest BCUT2D eigenvalue weighted by molar-refractivity contribution is 0.134. The standard InChI is InChI=1S/C18H21ClN2O4S/c1-13-11-16(12-18(22)20(13)2)25-15-7-9-21(10-8-15)26(23,24)17-5-3-14(19)4-6-17/h3-6,11-12,15H,7-10H2,1-2H3. The molecule has 0 amide bonds. The fourth-order valence-corrected chi connectivity index (χ4v) is 4.54. The maximum absolute atomic E-state index is 12.7. The Morgan fingerprint density at radius 2 is 1.73 bits per heavy atom. The van der Waals surface area contributed by atoms with Gasteiger partial charge in [0.15, 0.2) is 0 Å². The highest BCUT2D eigenvalue weighted by Gasteiger charge is 2.30. The second-order valence-electron chi connectivity index (χ2n) is 6.40. The topological polar surface area (TPSA) is 68.6 Å². The van der Waals surface area contributed by atoms with Crippen molar-refractivity contribution >= 4 is 21.6 Å². The first kappa shape index (κ1) is 18.9. The van der Waals surface area contributed by atoms with E-state index in [0.717, 1.165) is 5.69 Å². The quantitative estimate of drug-likeness (QED) is 0.796. The van der Waals surface area contributed by atoms with Crippen LogP contribution in [-0.4, -0.2) is 36.5 Å². The van der Waals surface area contributed by atoms with Crippen LogP contribution in [0.1, 0.15) is 18.5 Å². The number of nitrogens with zero attached hydrogens (tertiary/aromatic N) is 2. The molecule has 0 spiro atoms. The maximum Gasteiger partial charge on any atom is 0.254 e. The van der Waals surface area contributed by atoms with E-state index in [9.17, 15) is 13.2 Å². The molecular formula is C18H21ClN2O4S. The molecule has 2 heterocycles. The van der Waals surface area contributed by atoms with Crippen molar-refractivity contribution in [2.24, 2.45) is 7.05 Å². The van der Waals surface area contributed by atoms with Crippen molar-refractivity contribution in [2.75, 3.05) is 13.1 Å². The summed E-state index contributed by atoms with van der Waals surface area (Å²) in [7, 11) is -1.82. The molecule has 0 saturated carbocycles. The molecule has 140 valence electrons. The predicted molar refractivity (Wildman–Crippen MR) is 100 cm³/mol. The van der Waals surface area contributed by atoms with Gasteiger partial charge in [0.25, 0.3) is 5.56 Å². The lowest BCUT2D eigenvalue weighted by atomic mass is 10.1. The second kappa shape index (κ2) is 7.42. The summed E-state index contributed by atoms with van der Waals surface area (Å²) in [6, 6.07) is 9.46. The van der Waals surface area contributed by atoms with Crippen molar-refractivity contribution in [3.05, 3.63) is 57.5 Å². The van der Waals surface area contributed by atoms with E-state index < -0.39 is 10.0 Å². The number of hydrogen-bond acceptors (Lipinski definition) is 4. The van der Waals surface area contributed by atoms with Crippen LogP contribution in [0.2, 0.25) is 5.02 Å². The summed E-state index contributed by atoms with van der Waals surface area (Å²) < 4.78 is 34.3. The minimum atomic E-state index is -3.53. The van der Waals surface area contributed by atoms with E-state index in [2.05, 4.69) is 0 Å². The number of aromatic nitrogens is 1. The Morgan fingerprint density at radius 1 is 1.12 bits per heavy atom. The average Bonchev–Trinajstić information content (AvgIpc) is 2.60. The zero-order valence-corrected chi connectivity index (χ0v) is 16.3. The predicted octanol–water partition coefficient (Wildman–Crippen LogP) is 2.58. The van der Waals surface area contributed by atoms with Crippen LogP contribution < -0.4 is 10.3 Å². The third-order valence-corrected chi connectivity index (χ3v) is 6.80. The summed E-state index contributed by atoms with van der Waals surface area (Å²) >= 11 is 5.83. The van der Waals surface area contributed by atoms with Crippen LogP contribution in [0, 0.1) is 6.92 Å². The van der Waals surface area contributed by atoms with Crippen LogP contribution in [0.5, 0.6) is 5.75 Å². The zero-order valence-electron chi connectivity index (χ0n) is 14.7. The molecule has 1 aliphatic heterocycles. The molecule has 0 unspecified atom stereocenters. The van der Waals surface area contributed by atoms with E-state index in [0.29, 0.717) is 36.7 Å². The molecule has 1 aromatic carbocycles. The van der Waals surface area contributed by atoms with E-state index >= 15 is 0 Å². The van der Waals surface area contributed by atoms with Crippen LogP contribution in [0.25, 0.3) is 0 Å². The van der Waals surface area contributed by atoms with Gasteiger partial charge in [-0.1, -0.05) is 11.6 Å². The third-order valence-electron chi connectivity index (χ3n) is 4.63. The Kier molecular flexibility index (Phi) is 5.41. The number of piperidine rings is 1. The molecule has 1 saturated heterocycles. The molecule has 2 aromatic rings. The van der Waals surface area contributed by atoms with Gasteiger partial charge in [-0.05, 0) is 50.1 Å². The number of rotatable bonds is 4. The molecule has 6 nitrogen and oxygen atoms in total. The first-order valence-electron chi connectivity index (χ1n) is 8.37. The van der Waals surface area contributed by atoms with Gasteiger partial charge in [0, 0.05) is 36.9 Å². The van der Waals surface area contributed by atoms with E-state index in [1.165, 1.54) is 22.5 Å². The van der Waals surface area contributed by atoms with Gasteiger partial charge >= 0.3 is 0 Å². The number of hydrogen-bond donors (Lipinski definition) is 0. The van der Waals surface area contributed by atoms with Crippen molar-refractivity contribution < 1.29 is 13.2 Å². The van der Waals surface area contributed by atoms with Gasteiger partial charge in [-0.2, -0.15) is 4.31 Å². The largest absolute Gasteiger partial charge is 0.490 e. The summed E-state index contributed by atoms with van der Waals surface area (Å²) in [5.41, 5.74) is 0.693. The number of sulfonamides is 1. The Labute approximate surface area is 158 Å². The van der Waals surface area contributed by atoms with Gasteiger partial charge in [0.2, 0.25) is 10.0 Å². The van der Waals surface area contributed by atoms with E-state index in [-0.39, 0.29) is 16.6 Å². The summed E-state index contributed by atoms with van der Waals surface area (Å²) in [6.07, 6.45) is 1.03. The van der Waals surface area contributed by atoms with Crippen LogP contribution in [0.3, 0.4) is 0 Å². The lowest BCUT2D eigenvalue weighted by Crippen LogP contribution is -2.41. The highest BCUT2D eigenvalue weighted by atomic mass is 35.5. The molecule has 26 heavy (non-hydrogen) atoms. The van der Waals surface area contributed by atoms with Crippen molar-refractivity contribution in [3.63, 3.8) is 0 Å². The number of aryl methyl sites for hydroxylation is 1. The highest BCUT2D eigenvalue weighted by molar-refractivity contribution is 7.89. The molecule has 1 fully saturated rings. The number of pyridine rings is 1. The third kappa shape index (κ3) is 3.95.